The summed E-state index contributed by atoms with van der Waals surface area (Å²) in [6.45, 7) is 0. The number of thiophene rings is 1. The second-order valence-electron chi connectivity index (χ2n) is 6.14. The second-order valence-corrected chi connectivity index (χ2v) is 6.92. The Morgan fingerprint density at radius 3 is 2.65 bits per heavy atom. The van der Waals surface area contributed by atoms with E-state index in [1.165, 1.54) is 0 Å². The molecule has 0 radical (unpaired) electrons. The third-order valence-corrected chi connectivity index (χ3v) is 5.17. The van der Waals surface area contributed by atoms with E-state index in [9.17, 15) is 9.59 Å². The van der Waals surface area contributed by atoms with Gasteiger partial charge < -0.3 is 10.6 Å². The van der Waals surface area contributed by atoms with Gasteiger partial charge in [0.25, 0.3) is 5.91 Å². The van der Waals surface area contributed by atoms with E-state index in [4.69, 9.17) is 0 Å². The molecule has 2 aromatic heterocycles. The van der Waals surface area contributed by atoms with Gasteiger partial charge in [-0.2, -0.15) is 11.3 Å². The van der Waals surface area contributed by atoms with Crippen molar-refractivity contribution in [2.24, 2.45) is 0 Å². The van der Waals surface area contributed by atoms with Crippen molar-refractivity contribution in [3.8, 4) is 5.69 Å². The molecule has 0 aliphatic carbocycles. The van der Waals surface area contributed by atoms with Crippen molar-refractivity contribution in [1.82, 2.24) is 25.4 Å². The van der Waals surface area contributed by atoms with Crippen LogP contribution in [0, 0.1) is 0 Å². The largest absolute Gasteiger partial charge is 0.347 e. The number of nitrogens with zero attached hydrogens (tertiary/aromatic N) is 3. The minimum atomic E-state index is -0.192. The van der Waals surface area contributed by atoms with Crippen LogP contribution in [0.3, 0.4) is 0 Å². The number of carbonyl (C=O) groups is 2. The van der Waals surface area contributed by atoms with Crippen molar-refractivity contribution in [2.75, 3.05) is 0 Å². The Kier molecular flexibility index (Phi) is 4.49. The van der Waals surface area contributed by atoms with Crippen LogP contribution in [-0.4, -0.2) is 32.6 Å². The SMILES string of the molecule is O=C1CC[C@@H](NC(=O)c2ccc(-n3cnnc3)cc2)[C@H](c2ccsc2)N1. The zero-order valence-corrected chi connectivity index (χ0v) is 14.6. The van der Waals surface area contributed by atoms with Crippen LogP contribution in [-0.2, 0) is 4.79 Å². The zero-order valence-electron chi connectivity index (χ0n) is 13.8. The van der Waals surface area contributed by atoms with Gasteiger partial charge in [0.05, 0.1) is 12.1 Å². The number of aromatic nitrogens is 3. The maximum Gasteiger partial charge on any atom is 0.251 e. The fourth-order valence-electron chi connectivity index (χ4n) is 3.09. The highest BCUT2D eigenvalue weighted by atomic mass is 32.1. The zero-order chi connectivity index (χ0) is 17.9. The third kappa shape index (κ3) is 3.36. The first-order valence-electron chi connectivity index (χ1n) is 8.28. The number of amides is 2. The summed E-state index contributed by atoms with van der Waals surface area (Å²) in [5.41, 5.74) is 2.48. The number of nitrogens with one attached hydrogen (secondary N) is 2. The van der Waals surface area contributed by atoms with Crippen LogP contribution in [0.4, 0.5) is 0 Å². The van der Waals surface area contributed by atoms with Gasteiger partial charge in [0.15, 0.2) is 0 Å². The van der Waals surface area contributed by atoms with Crippen molar-refractivity contribution >= 4 is 23.2 Å². The van der Waals surface area contributed by atoms with Crippen molar-refractivity contribution in [3.05, 3.63) is 64.9 Å². The minimum absolute atomic E-state index is 0.0185. The molecule has 7 nitrogen and oxygen atoms in total. The molecule has 0 spiro atoms. The predicted molar refractivity (Wildman–Crippen MR) is 97.0 cm³/mol. The molecular weight excluding hydrogens is 350 g/mol. The lowest BCUT2D eigenvalue weighted by Gasteiger charge is -2.32. The molecule has 1 saturated heterocycles. The Labute approximate surface area is 154 Å². The highest BCUT2D eigenvalue weighted by Crippen LogP contribution is 2.26. The van der Waals surface area contributed by atoms with Crippen LogP contribution in [0.1, 0.15) is 34.8 Å². The van der Waals surface area contributed by atoms with Gasteiger partial charge in [0, 0.05) is 17.7 Å². The van der Waals surface area contributed by atoms with E-state index >= 15 is 0 Å². The Balaban J connectivity index is 1.48. The Morgan fingerprint density at radius 1 is 1.19 bits per heavy atom. The van der Waals surface area contributed by atoms with Gasteiger partial charge in [-0.3, -0.25) is 14.2 Å². The monoisotopic (exact) mass is 367 g/mol. The topological polar surface area (TPSA) is 88.9 Å². The fourth-order valence-corrected chi connectivity index (χ4v) is 3.79. The molecule has 1 fully saturated rings. The van der Waals surface area contributed by atoms with Crippen molar-refractivity contribution < 1.29 is 9.59 Å². The van der Waals surface area contributed by atoms with Gasteiger partial charge >= 0.3 is 0 Å². The van der Waals surface area contributed by atoms with E-state index in [1.54, 1.807) is 40.7 Å². The van der Waals surface area contributed by atoms with E-state index in [2.05, 4.69) is 20.8 Å². The van der Waals surface area contributed by atoms with E-state index in [-0.39, 0.29) is 23.9 Å². The molecule has 0 bridgehead atoms. The van der Waals surface area contributed by atoms with E-state index < -0.39 is 0 Å². The predicted octanol–water partition coefficient (Wildman–Crippen LogP) is 2.08. The molecule has 0 saturated carbocycles. The first-order chi connectivity index (χ1) is 12.7. The molecule has 3 aromatic rings. The number of benzene rings is 1. The number of rotatable bonds is 4. The Bertz CT molecular complexity index is 890. The van der Waals surface area contributed by atoms with Crippen molar-refractivity contribution in [2.45, 2.75) is 24.9 Å². The number of piperidine rings is 1. The van der Waals surface area contributed by atoms with Crippen LogP contribution in [0.25, 0.3) is 5.69 Å². The van der Waals surface area contributed by atoms with Gasteiger partial charge in [-0.25, -0.2) is 0 Å². The fraction of sp³-hybridized carbons (Fsp3) is 0.222. The quantitative estimate of drug-likeness (QED) is 0.739. The van der Waals surface area contributed by atoms with Gasteiger partial charge in [0.1, 0.15) is 12.7 Å². The van der Waals surface area contributed by atoms with Crippen LogP contribution >= 0.6 is 11.3 Å². The number of hydrogen-bond donors (Lipinski definition) is 2. The maximum atomic E-state index is 12.7. The summed E-state index contributed by atoms with van der Waals surface area (Å²) < 4.78 is 1.77. The van der Waals surface area contributed by atoms with Crippen LogP contribution < -0.4 is 10.6 Å². The van der Waals surface area contributed by atoms with Crippen LogP contribution in [0.15, 0.2) is 53.7 Å². The minimum Gasteiger partial charge on any atom is -0.347 e. The van der Waals surface area contributed by atoms with Crippen molar-refractivity contribution in [1.29, 1.82) is 0 Å². The molecule has 1 aliphatic rings. The highest BCUT2D eigenvalue weighted by molar-refractivity contribution is 7.08. The third-order valence-electron chi connectivity index (χ3n) is 4.47. The van der Waals surface area contributed by atoms with Gasteiger partial charge in [-0.05, 0) is 53.1 Å². The standard InChI is InChI=1S/C18H17N5O2S/c24-16-6-5-15(17(22-16)13-7-8-26-9-13)21-18(25)12-1-3-14(4-2-12)23-10-19-20-11-23/h1-4,7-11,15,17H,5-6H2,(H,21,25)(H,22,24)/t15-,17+/m1/s1. The normalized spacial score (nSPS) is 19.8. The molecular formula is C18H17N5O2S. The number of hydrogen-bond acceptors (Lipinski definition) is 5. The second kappa shape index (κ2) is 7.09. The molecule has 8 heteroatoms. The summed E-state index contributed by atoms with van der Waals surface area (Å²) >= 11 is 1.58. The molecule has 3 heterocycles. The van der Waals surface area contributed by atoms with Crippen LogP contribution in [0.2, 0.25) is 0 Å². The summed E-state index contributed by atoms with van der Waals surface area (Å²) in [6.07, 6.45) is 4.24. The van der Waals surface area contributed by atoms with E-state index in [0.29, 0.717) is 18.4 Å². The summed E-state index contributed by atoms with van der Waals surface area (Å²) in [5.74, 6) is -0.133. The molecule has 1 aliphatic heterocycles. The maximum absolute atomic E-state index is 12.7. The first kappa shape index (κ1) is 16.5. The average molecular weight is 367 g/mol. The lowest BCUT2D eigenvalue weighted by atomic mass is 9.93. The smallest absolute Gasteiger partial charge is 0.251 e. The number of carbonyl (C=O) groups excluding carboxylic acids is 2. The van der Waals surface area contributed by atoms with Crippen molar-refractivity contribution in [3.63, 3.8) is 0 Å². The Hall–Kier alpha value is -3.00. The average Bonchev–Trinajstić information content (AvgIpc) is 3.37. The first-order valence-corrected chi connectivity index (χ1v) is 9.22. The van der Waals surface area contributed by atoms with Gasteiger partial charge in [0.2, 0.25) is 5.91 Å². The molecule has 132 valence electrons. The highest BCUT2D eigenvalue weighted by Gasteiger charge is 2.31. The molecule has 2 atom stereocenters. The van der Waals surface area contributed by atoms with E-state index in [0.717, 1.165) is 11.3 Å². The summed E-state index contributed by atoms with van der Waals surface area (Å²) in [5, 5.41) is 17.6. The van der Waals surface area contributed by atoms with Gasteiger partial charge in [-0.1, -0.05) is 0 Å². The summed E-state index contributed by atoms with van der Waals surface area (Å²) in [6, 6.07) is 8.88. The lowest BCUT2D eigenvalue weighted by Crippen LogP contribution is -2.50. The summed E-state index contributed by atoms with van der Waals surface area (Å²) in [7, 11) is 0. The molecule has 26 heavy (non-hydrogen) atoms. The molecule has 1 aromatic carbocycles. The van der Waals surface area contributed by atoms with Gasteiger partial charge in [-0.15, -0.1) is 10.2 Å². The lowest BCUT2D eigenvalue weighted by molar-refractivity contribution is -0.123. The molecule has 0 unspecified atom stereocenters. The molecule has 4 rings (SSSR count). The molecule has 2 amide bonds. The molecule has 2 N–H and O–H groups in total. The summed E-state index contributed by atoms with van der Waals surface area (Å²) in [4.78, 5) is 24.4. The van der Waals surface area contributed by atoms with E-state index in [1.807, 2.05) is 29.0 Å². The Morgan fingerprint density at radius 2 is 1.96 bits per heavy atom. The van der Waals surface area contributed by atoms with Crippen LogP contribution in [0.5, 0.6) is 0 Å².